The van der Waals surface area contributed by atoms with Crippen LogP contribution >= 0.6 is 11.6 Å². The Morgan fingerprint density at radius 1 is 1.05 bits per heavy atom. The molecule has 0 radical (unpaired) electrons. The average Bonchev–Trinajstić information content (AvgIpc) is 2.45. The van der Waals surface area contributed by atoms with Crippen LogP contribution in [0.3, 0.4) is 0 Å². The van der Waals surface area contributed by atoms with Crippen LogP contribution in [-0.4, -0.2) is 26.0 Å². The van der Waals surface area contributed by atoms with Gasteiger partial charge >= 0.3 is 6.01 Å². The van der Waals surface area contributed by atoms with Gasteiger partial charge in [0.25, 0.3) is 0 Å². The Labute approximate surface area is 127 Å². The van der Waals surface area contributed by atoms with Crippen molar-refractivity contribution < 1.29 is 4.74 Å². The molecule has 21 heavy (non-hydrogen) atoms. The fourth-order valence-corrected chi connectivity index (χ4v) is 2.17. The van der Waals surface area contributed by atoms with Gasteiger partial charge < -0.3 is 4.74 Å². The normalized spacial score (nSPS) is 11.0. The van der Waals surface area contributed by atoms with Crippen LogP contribution in [0.25, 0.3) is 22.3 Å². The summed E-state index contributed by atoms with van der Waals surface area (Å²) < 4.78 is 5.51. The van der Waals surface area contributed by atoms with Gasteiger partial charge in [-0.3, -0.25) is 4.98 Å². The molecule has 0 saturated carbocycles. The molecule has 0 unspecified atom stereocenters. The lowest BCUT2D eigenvalue weighted by atomic mass is 10.1. The Bertz CT molecular complexity index is 786. The monoisotopic (exact) mass is 300 g/mol. The van der Waals surface area contributed by atoms with Crippen molar-refractivity contribution in [2.24, 2.45) is 0 Å². The summed E-state index contributed by atoms with van der Waals surface area (Å²) in [6.07, 6.45) is 1.71. The quantitative estimate of drug-likeness (QED) is 0.740. The summed E-state index contributed by atoms with van der Waals surface area (Å²) in [5.41, 5.74) is 1.72. The molecule has 0 amide bonds. The summed E-state index contributed by atoms with van der Waals surface area (Å²) in [6, 6.07) is 9.84. The minimum atomic E-state index is -0.0366. The first-order chi connectivity index (χ1) is 10.1. The summed E-state index contributed by atoms with van der Waals surface area (Å²) in [5, 5.41) is 1.06. The van der Waals surface area contributed by atoms with Crippen molar-refractivity contribution >= 4 is 22.5 Å². The highest BCUT2D eigenvalue weighted by molar-refractivity contribution is 6.28. The molecule has 106 valence electrons. The van der Waals surface area contributed by atoms with Crippen LogP contribution in [-0.2, 0) is 0 Å². The minimum Gasteiger partial charge on any atom is -0.461 e. The van der Waals surface area contributed by atoms with Crippen LogP contribution in [0.4, 0.5) is 0 Å². The fraction of sp³-hybridized carbons (Fsp3) is 0.200. The number of pyridine rings is 1. The van der Waals surface area contributed by atoms with Crippen molar-refractivity contribution in [2.45, 2.75) is 20.0 Å². The first-order valence-electron chi connectivity index (χ1n) is 6.56. The van der Waals surface area contributed by atoms with E-state index in [1.807, 2.05) is 44.2 Å². The molecule has 0 aliphatic heterocycles. The highest BCUT2D eigenvalue weighted by Crippen LogP contribution is 2.26. The lowest BCUT2D eigenvalue weighted by molar-refractivity contribution is 0.222. The maximum atomic E-state index is 5.98. The molecule has 3 aromatic rings. The fourth-order valence-electron chi connectivity index (χ4n) is 2.01. The lowest BCUT2D eigenvalue weighted by Crippen LogP contribution is -2.09. The van der Waals surface area contributed by atoms with Gasteiger partial charge in [0.2, 0.25) is 5.28 Å². The van der Waals surface area contributed by atoms with Crippen molar-refractivity contribution in [3.05, 3.63) is 41.8 Å². The number of nitrogens with zero attached hydrogens (tertiary/aromatic N) is 4. The Hall–Kier alpha value is -2.27. The minimum absolute atomic E-state index is 0.0366. The number of hydrogen-bond acceptors (Lipinski definition) is 5. The molecule has 1 aromatic carbocycles. The van der Waals surface area contributed by atoms with E-state index in [0.29, 0.717) is 5.82 Å². The molecule has 0 aliphatic carbocycles. The van der Waals surface area contributed by atoms with Crippen molar-refractivity contribution in [3.8, 4) is 17.4 Å². The number of rotatable bonds is 3. The largest absolute Gasteiger partial charge is 0.461 e. The van der Waals surface area contributed by atoms with Gasteiger partial charge in [-0.25, -0.2) is 0 Å². The molecule has 0 fully saturated rings. The number of hydrogen-bond donors (Lipinski definition) is 0. The molecular formula is C15H13ClN4O. The molecule has 0 N–H and O–H groups in total. The van der Waals surface area contributed by atoms with Gasteiger partial charge in [-0.2, -0.15) is 15.0 Å². The third kappa shape index (κ3) is 2.92. The zero-order valence-electron chi connectivity index (χ0n) is 11.6. The SMILES string of the molecule is CC(C)Oc1nc(Cl)nc(-c2cccc3ncccc23)n1. The van der Waals surface area contributed by atoms with Crippen LogP contribution in [0.15, 0.2) is 36.5 Å². The molecule has 0 saturated heterocycles. The smallest absolute Gasteiger partial charge is 0.321 e. The first kappa shape index (κ1) is 13.7. The molecule has 6 heteroatoms. The van der Waals surface area contributed by atoms with Crippen molar-refractivity contribution in [3.63, 3.8) is 0 Å². The van der Waals surface area contributed by atoms with E-state index in [1.54, 1.807) is 6.20 Å². The van der Waals surface area contributed by atoms with E-state index in [0.717, 1.165) is 16.5 Å². The summed E-state index contributed by atoms with van der Waals surface area (Å²) in [4.78, 5) is 16.8. The lowest BCUT2D eigenvalue weighted by Gasteiger charge is -2.09. The molecule has 0 atom stereocenters. The van der Waals surface area contributed by atoms with Gasteiger partial charge in [-0.15, -0.1) is 0 Å². The van der Waals surface area contributed by atoms with E-state index in [2.05, 4.69) is 19.9 Å². The summed E-state index contributed by atoms with van der Waals surface area (Å²) in [7, 11) is 0. The second kappa shape index (κ2) is 5.61. The van der Waals surface area contributed by atoms with Gasteiger partial charge in [0.1, 0.15) is 0 Å². The van der Waals surface area contributed by atoms with Gasteiger partial charge in [-0.05, 0) is 37.6 Å². The highest BCUT2D eigenvalue weighted by Gasteiger charge is 2.12. The molecular weight excluding hydrogens is 288 g/mol. The van der Waals surface area contributed by atoms with E-state index >= 15 is 0 Å². The van der Waals surface area contributed by atoms with Gasteiger partial charge in [-0.1, -0.05) is 18.2 Å². The van der Waals surface area contributed by atoms with Crippen LogP contribution in [0.1, 0.15) is 13.8 Å². The zero-order valence-corrected chi connectivity index (χ0v) is 12.4. The van der Waals surface area contributed by atoms with Crippen molar-refractivity contribution in [2.75, 3.05) is 0 Å². The molecule has 0 aliphatic rings. The molecule has 2 heterocycles. The Morgan fingerprint density at radius 3 is 2.71 bits per heavy atom. The Kier molecular flexibility index (Phi) is 3.66. The first-order valence-corrected chi connectivity index (χ1v) is 6.93. The standard InChI is InChI=1S/C15H13ClN4O/c1-9(2)21-15-19-13(18-14(16)20-15)11-5-3-7-12-10(11)6-4-8-17-12/h3-9H,1-2H3. The Morgan fingerprint density at radius 2 is 1.90 bits per heavy atom. The van der Waals surface area contributed by atoms with Crippen LogP contribution in [0.5, 0.6) is 6.01 Å². The van der Waals surface area contributed by atoms with E-state index in [9.17, 15) is 0 Å². The average molecular weight is 301 g/mol. The predicted molar refractivity (Wildman–Crippen MR) is 81.3 cm³/mol. The predicted octanol–water partition coefficient (Wildman–Crippen LogP) is 3.53. The van der Waals surface area contributed by atoms with Crippen LogP contribution in [0.2, 0.25) is 5.28 Å². The number of ether oxygens (including phenoxy) is 1. The van der Waals surface area contributed by atoms with Crippen molar-refractivity contribution in [1.29, 1.82) is 0 Å². The van der Waals surface area contributed by atoms with Gasteiger partial charge in [0.05, 0.1) is 11.6 Å². The van der Waals surface area contributed by atoms with Gasteiger partial charge in [0, 0.05) is 17.1 Å². The van der Waals surface area contributed by atoms with Crippen LogP contribution < -0.4 is 4.74 Å². The van der Waals surface area contributed by atoms with Gasteiger partial charge in [0.15, 0.2) is 5.82 Å². The van der Waals surface area contributed by atoms with E-state index < -0.39 is 0 Å². The number of fused-ring (bicyclic) bond motifs is 1. The summed E-state index contributed by atoms with van der Waals surface area (Å²) in [6.45, 7) is 3.80. The molecule has 0 spiro atoms. The van der Waals surface area contributed by atoms with E-state index in [-0.39, 0.29) is 17.4 Å². The van der Waals surface area contributed by atoms with Crippen molar-refractivity contribution in [1.82, 2.24) is 19.9 Å². The molecule has 0 bridgehead atoms. The highest BCUT2D eigenvalue weighted by atomic mass is 35.5. The summed E-state index contributed by atoms with van der Waals surface area (Å²) >= 11 is 5.98. The maximum Gasteiger partial charge on any atom is 0.321 e. The zero-order chi connectivity index (χ0) is 14.8. The molecule has 2 aromatic heterocycles. The number of halogens is 1. The van der Waals surface area contributed by atoms with E-state index in [1.165, 1.54) is 0 Å². The summed E-state index contributed by atoms with van der Waals surface area (Å²) in [5.74, 6) is 0.476. The second-order valence-corrected chi connectivity index (χ2v) is 5.09. The Balaban J connectivity index is 2.16. The molecule has 5 nitrogen and oxygen atoms in total. The topological polar surface area (TPSA) is 60.8 Å². The van der Waals surface area contributed by atoms with E-state index in [4.69, 9.17) is 16.3 Å². The third-order valence-corrected chi connectivity index (χ3v) is 2.98. The third-order valence-electron chi connectivity index (χ3n) is 2.82. The van der Waals surface area contributed by atoms with Crippen LogP contribution in [0, 0.1) is 0 Å². The maximum absolute atomic E-state index is 5.98. The number of benzene rings is 1. The molecule has 3 rings (SSSR count). The second-order valence-electron chi connectivity index (χ2n) is 4.75. The number of aromatic nitrogens is 4.